The Labute approximate surface area is 126 Å². The molecule has 4 aliphatic rings. The van der Waals surface area contributed by atoms with Crippen molar-refractivity contribution in [3.8, 4) is 0 Å². The van der Waals surface area contributed by atoms with Crippen LogP contribution < -0.4 is 5.32 Å². The van der Waals surface area contributed by atoms with E-state index in [4.69, 9.17) is 4.74 Å². The Bertz CT molecular complexity index is 441. The van der Waals surface area contributed by atoms with Crippen LogP contribution in [0.5, 0.6) is 0 Å². The monoisotopic (exact) mass is 291 g/mol. The highest BCUT2D eigenvalue weighted by atomic mass is 16.5. The molecule has 0 aromatic carbocycles. The molecule has 4 saturated carbocycles. The fraction of sp³-hybridized carbons (Fsp3) is 0.765. The van der Waals surface area contributed by atoms with E-state index in [-0.39, 0.29) is 18.1 Å². The second-order valence-corrected chi connectivity index (χ2v) is 7.58. The van der Waals surface area contributed by atoms with E-state index in [0.717, 1.165) is 42.6 Å². The van der Waals surface area contributed by atoms with Gasteiger partial charge in [-0.1, -0.05) is 5.57 Å². The Hall–Kier alpha value is -1.32. The first-order chi connectivity index (χ1) is 9.94. The van der Waals surface area contributed by atoms with E-state index in [1.54, 1.807) is 0 Å². The number of amides is 1. The van der Waals surface area contributed by atoms with Gasteiger partial charge in [-0.3, -0.25) is 4.79 Å². The lowest BCUT2D eigenvalue weighted by Gasteiger charge is -2.56. The van der Waals surface area contributed by atoms with Crippen molar-refractivity contribution < 1.29 is 14.3 Å². The molecule has 116 valence electrons. The zero-order chi connectivity index (χ0) is 15.0. The van der Waals surface area contributed by atoms with E-state index < -0.39 is 5.97 Å². The van der Waals surface area contributed by atoms with Gasteiger partial charge in [0.15, 0.2) is 6.61 Å². The molecule has 4 rings (SSSR count). The van der Waals surface area contributed by atoms with Crippen molar-refractivity contribution in [1.29, 1.82) is 0 Å². The average molecular weight is 291 g/mol. The van der Waals surface area contributed by atoms with Crippen LogP contribution in [-0.2, 0) is 14.3 Å². The molecule has 1 N–H and O–H groups in total. The van der Waals surface area contributed by atoms with Gasteiger partial charge in [0.1, 0.15) is 0 Å². The van der Waals surface area contributed by atoms with E-state index in [1.165, 1.54) is 25.3 Å². The van der Waals surface area contributed by atoms with E-state index in [0.29, 0.717) is 0 Å². The standard InChI is InChI=1S/C17H25NO3/c1-11(2)3-16(20)21-10-15(19)18-17-7-12-4-13(8-17)6-14(5-12)9-17/h3,12-14H,4-10H2,1-2H3,(H,18,19). The lowest BCUT2D eigenvalue weighted by Crippen LogP contribution is -2.60. The minimum atomic E-state index is -0.435. The highest BCUT2D eigenvalue weighted by Gasteiger charge is 2.51. The highest BCUT2D eigenvalue weighted by molar-refractivity contribution is 5.86. The summed E-state index contributed by atoms with van der Waals surface area (Å²) in [5.74, 6) is 1.81. The topological polar surface area (TPSA) is 55.4 Å². The third kappa shape index (κ3) is 3.30. The number of rotatable bonds is 4. The Balaban J connectivity index is 1.53. The molecule has 0 saturated heterocycles. The van der Waals surface area contributed by atoms with Gasteiger partial charge in [-0.25, -0.2) is 4.79 Å². The van der Waals surface area contributed by atoms with Crippen LogP contribution in [0.3, 0.4) is 0 Å². The van der Waals surface area contributed by atoms with Gasteiger partial charge in [0.2, 0.25) is 0 Å². The first-order valence-corrected chi connectivity index (χ1v) is 8.07. The zero-order valence-electron chi connectivity index (χ0n) is 13.0. The van der Waals surface area contributed by atoms with Gasteiger partial charge in [-0.2, -0.15) is 0 Å². The van der Waals surface area contributed by atoms with Crippen molar-refractivity contribution in [1.82, 2.24) is 5.32 Å². The van der Waals surface area contributed by atoms with Crippen molar-refractivity contribution >= 4 is 11.9 Å². The van der Waals surface area contributed by atoms with Crippen molar-refractivity contribution in [3.63, 3.8) is 0 Å². The van der Waals surface area contributed by atoms with Gasteiger partial charge in [-0.15, -0.1) is 0 Å². The van der Waals surface area contributed by atoms with Crippen LogP contribution >= 0.6 is 0 Å². The molecule has 4 heteroatoms. The van der Waals surface area contributed by atoms with E-state index in [2.05, 4.69) is 5.32 Å². The first-order valence-electron chi connectivity index (χ1n) is 8.07. The highest BCUT2D eigenvalue weighted by Crippen LogP contribution is 2.55. The summed E-state index contributed by atoms with van der Waals surface area (Å²) in [6, 6.07) is 0. The predicted octanol–water partition coefficient (Wildman–Crippen LogP) is 2.58. The number of hydrogen-bond acceptors (Lipinski definition) is 3. The molecule has 0 aromatic heterocycles. The molecule has 0 unspecified atom stereocenters. The van der Waals surface area contributed by atoms with Crippen LogP contribution in [0.15, 0.2) is 11.6 Å². The van der Waals surface area contributed by atoms with Gasteiger partial charge in [0.25, 0.3) is 5.91 Å². The van der Waals surface area contributed by atoms with E-state index in [1.807, 2.05) is 13.8 Å². The van der Waals surface area contributed by atoms with Crippen molar-refractivity contribution in [2.75, 3.05) is 6.61 Å². The Kier molecular flexibility index (Phi) is 3.80. The van der Waals surface area contributed by atoms with Crippen molar-refractivity contribution in [3.05, 3.63) is 11.6 Å². The fourth-order valence-corrected chi connectivity index (χ4v) is 5.01. The summed E-state index contributed by atoms with van der Waals surface area (Å²) in [6.07, 6.45) is 8.82. The molecule has 21 heavy (non-hydrogen) atoms. The van der Waals surface area contributed by atoms with Crippen LogP contribution in [0.1, 0.15) is 52.4 Å². The molecular weight excluding hydrogens is 266 g/mol. The largest absolute Gasteiger partial charge is 0.452 e. The third-order valence-corrected chi connectivity index (χ3v) is 5.19. The summed E-state index contributed by atoms with van der Waals surface area (Å²) >= 11 is 0. The minimum Gasteiger partial charge on any atom is -0.452 e. The van der Waals surface area contributed by atoms with Gasteiger partial charge >= 0.3 is 5.97 Å². The summed E-state index contributed by atoms with van der Waals surface area (Å²) < 4.78 is 5.00. The summed E-state index contributed by atoms with van der Waals surface area (Å²) in [5, 5.41) is 3.20. The zero-order valence-corrected chi connectivity index (χ0v) is 13.0. The fourth-order valence-electron chi connectivity index (χ4n) is 5.01. The molecule has 0 radical (unpaired) electrons. The summed E-state index contributed by atoms with van der Waals surface area (Å²) in [7, 11) is 0. The second-order valence-electron chi connectivity index (χ2n) is 7.58. The Morgan fingerprint density at radius 2 is 1.62 bits per heavy atom. The maximum atomic E-state index is 12.1. The molecule has 0 spiro atoms. The summed E-state index contributed by atoms with van der Waals surface area (Å²) in [5.41, 5.74) is 0.871. The smallest absolute Gasteiger partial charge is 0.331 e. The molecule has 4 bridgehead atoms. The van der Waals surface area contributed by atoms with Crippen LogP contribution in [0, 0.1) is 17.8 Å². The third-order valence-electron chi connectivity index (χ3n) is 5.19. The normalized spacial score (nSPS) is 36.2. The lowest BCUT2D eigenvalue weighted by molar-refractivity contribution is -0.145. The number of hydrogen-bond donors (Lipinski definition) is 1. The van der Waals surface area contributed by atoms with Crippen LogP contribution in [0.4, 0.5) is 0 Å². The molecule has 0 aliphatic heterocycles. The Morgan fingerprint density at radius 3 is 2.10 bits per heavy atom. The molecule has 4 aliphatic carbocycles. The summed E-state index contributed by atoms with van der Waals surface area (Å²) in [6.45, 7) is 3.50. The minimum absolute atomic E-state index is 0.00521. The van der Waals surface area contributed by atoms with Crippen LogP contribution in [-0.4, -0.2) is 24.0 Å². The molecule has 0 aromatic rings. The quantitative estimate of drug-likeness (QED) is 0.640. The number of nitrogens with one attached hydrogen (secondary N) is 1. The first kappa shape index (κ1) is 14.6. The Morgan fingerprint density at radius 1 is 1.10 bits per heavy atom. The average Bonchev–Trinajstić information content (AvgIpc) is 2.33. The van der Waals surface area contributed by atoms with Gasteiger partial charge < -0.3 is 10.1 Å². The maximum absolute atomic E-state index is 12.1. The van der Waals surface area contributed by atoms with Crippen molar-refractivity contribution in [2.45, 2.75) is 57.9 Å². The molecule has 1 amide bonds. The number of carbonyl (C=O) groups excluding carboxylic acids is 2. The van der Waals surface area contributed by atoms with Gasteiger partial charge in [0, 0.05) is 11.6 Å². The SMILES string of the molecule is CC(C)=CC(=O)OCC(=O)NC12CC3CC(CC(C3)C1)C2. The maximum Gasteiger partial charge on any atom is 0.331 e. The second kappa shape index (κ2) is 5.47. The van der Waals surface area contributed by atoms with Gasteiger partial charge in [-0.05, 0) is 70.1 Å². The van der Waals surface area contributed by atoms with E-state index >= 15 is 0 Å². The number of carbonyl (C=O) groups is 2. The number of esters is 1. The van der Waals surface area contributed by atoms with Gasteiger partial charge in [0.05, 0.1) is 0 Å². The predicted molar refractivity (Wildman–Crippen MR) is 79.4 cm³/mol. The van der Waals surface area contributed by atoms with Crippen LogP contribution in [0.25, 0.3) is 0 Å². The lowest BCUT2D eigenvalue weighted by atomic mass is 9.53. The molecule has 4 fully saturated rings. The molecule has 0 heterocycles. The summed E-state index contributed by atoms with van der Waals surface area (Å²) in [4.78, 5) is 23.6. The number of allylic oxidation sites excluding steroid dienone is 1. The molecular formula is C17H25NO3. The molecule has 4 nitrogen and oxygen atoms in total. The number of ether oxygens (including phenoxy) is 1. The van der Waals surface area contributed by atoms with Crippen LogP contribution in [0.2, 0.25) is 0 Å². The van der Waals surface area contributed by atoms with E-state index in [9.17, 15) is 9.59 Å². The molecule has 0 atom stereocenters. The van der Waals surface area contributed by atoms with Crippen molar-refractivity contribution in [2.24, 2.45) is 17.8 Å².